The fourth-order valence-electron chi connectivity index (χ4n) is 2.83. The molecule has 142 valence electrons. The Morgan fingerprint density at radius 1 is 1.19 bits per heavy atom. The van der Waals surface area contributed by atoms with E-state index in [2.05, 4.69) is 5.32 Å². The number of hydrogen-bond acceptors (Lipinski definition) is 4. The number of fused-ring (bicyclic) bond motifs is 1. The Morgan fingerprint density at radius 2 is 1.89 bits per heavy atom. The van der Waals surface area contributed by atoms with Gasteiger partial charge in [0.25, 0.3) is 0 Å². The van der Waals surface area contributed by atoms with Crippen LogP contribution in [-0.2, 0) is 19.4 Å². The predicted octanol–water partition coefficient (Wildman–Crippen LogP) is 3.53. The Kier molecular flexibility index (Phi) is 5.46. The van der Waals surface area contributed by atoms with E-state index in [1.165, 1.54) is 30.0 Å². The van der Waals surface area contributed by atoms with Gasteiger partial charge in [-0.25, -0.2) is 8.42 Å². The number of amides is 2. The molecular formula is C18H16Cl2N2O4S. The third kappa shape index (κ3) is 3.95. The molecule has 27 heavy (non-hydrogen) atoms. The number of carbonyl (C=O) groups excluding carboxylic acids is 2. The van der Waals surface area contributed by atoms with E-state index in [4.69, 9.17) is 23.2 Å². The second kappa shape index (κ2) is 7.50. The molecule has 2 aromatic carbocycles. The zero-order valence-electron chi connectivity index (χ0n) is 14.3. The number of anilines is 2. The summed E-state index contributed by atoms with van der Waals surface area (Å²) < 4.78 is 25.3. The van der Waals surface area contributed by atoms with Crippen molar-refractivity contribution in [2.45, 2.75) is 23.5 Å². The van der Waals surface area contributed by atoms with Crippen molar-refractivity contribution in [3.05, 3.63) is 52.5 Å². The van der Waals surface area contributed by atoms with E-state index >= 15 is 0 Å². The minimum absolute atomic E-state index is 0.0469. The number of nitrogens with one attached hydrogen (secondary N) is 1. The van der Waals surface area contributed by atoms with Crippen LogP contribution in [0.3, 0.4) is 0 Å². The highest BCUT2D eigenvalue weighted by molar-refractivity contribution is 7.92. The van der Waals surface area contributed by atoms with Crippen molar-refractivity contribution >= 4 is 56.2 Å². The summed E-state index contributed by atoms with van der Waals surface area (Å²) in [5.74, 6) is -0.913. The van der Waals surface area contributed by atoms with E-state index in [0.29, 0.717) is 10.7 Å². The SMILES string of the molecule is CC1CC(=O)N(CC(=O)Nc2ccc(Cl)c(Cl)c2)c2ccccc2S1(=O)=O. The van der Waals surface area contributed by atoms with Gasteiger partial charge in [-0.15, -0.1) is 0 Å². The summed E-state index contributed by atoms with van der Waals surface area (Å²) in [4.78, 5) is 26.3. The van der Waals surface area contributed by atoms with Gasteiger partial charge in [-0.1, -0.05) is 35.3 Å². The van der Waals surface area contributed by atoms with Gasteiger partial charge in [-0.2, -0.15) is 0 Å². The zero-order valence-corrected chi connectivity index (χ0v) is 16.6. The molecule has 1 N–H and O–H groups in total. The predicted molar refractivity (Wildman–Crippen MR) is 105 cm³/mol. The van der Waals surface area contributed by atoms with Crippen LogP contribution in [0.5, 0.6) is 0 Å². The number of carbonyl (C=O) groups is 2. The fraction of sp³-hybridized carbons (Fsp3) is 0.222. The second-order valence-corrected chi connectivity index (χ2v) is 9.33. The summed E-state index contributed by atoms with van der Waals surface area (Å²) >= 11 is 11.8. The molecule has 0 aliphatic carbocycles. The molecule has 1 aliphatic rings. The molecule has 2 amide bonds. The highest BCUT2D eigenvalue weighted by atomic mass is 35.5. The lowest BCUT2D eigenvalue weighted by molar-refractivity contribution is -0.121. The number of sulfone groups is 1. The molecule has 0 aromatic heterocycles. The first-order chi connectivity index (χ1) is 12.7. The van der Waals surface area contributed by atoms with Crippen LogP contribution in [0.15, 0.2) is 47.4 Å². The Bertz CT molecular complexity index is 1020. The molecule has 0 saturated heterocycles. The van der Waals surface area contributed by atoms with E-state index in [9.17, 15) is 18.0 Å². The number of nitrogens with zero attached hydrogens (tertiary/aromatic N) is 1. The summed E-state index contributed by atoms with van der Waals surface area (Å²) in [6, 6.07) is 10.8. The lowest BCUT2D eigenvalue weighted by Gasteiger charge is -2.22. The zero-order chi connectivity index (χ0) is 19.8. The molecule has 1 heterocycles. The maximum atomic E-state index is 12.7. The first kappa shape index (κ1) is 19.7. The quantitative estimate of drug-likeness (QED) is 0.813. The summed E-state index contributed by atoms with van der Waals surface area (Å²) in [5.41, 5.74) is 0.627. The minimum Gasteiger partial charge on any atom is -0.324 e. The van der Waals surface area contributed by atoms with Crippen LogP contribution in [0.25, 0.3) is 0 Å². The fourth-order valence-corrected chi connectivity index (χ4v) is 4.66. The molecule has 0 fully saturated rings. The summed E-state index contributed by atoms with van der Waals surface area (Å²) in [5, 5.41) is 2.40. The molecule has 6 nitrogen and oxygen atoms in total. The molecule has 1 aliphatic heterocycles. The third-order valence-electron chi connectivity index (χ3n) is 4.26. The van der Waals surface area contributed by atoms with Crippen LogP contribution in [0.1, 0.15) is 13.3 Å². The van der Waals surface area contributed by atoms with Gasteiger partial charge in [-0.05, 0) is 37.3 Å². The van der Waals surface area contributed by atoms with Crippen molar-refractivity contribution in [3.8, 4) is 0 Å². The first-order valence-electron chi connectivity index (χ1n) is 8.08. The molecule has 3 rings (SSSR count). The number of benzene rings is 2. The third-order valence-corrected chi connectivity index (χ3v) is 7.18. The first-order valence-corrected chi connectivity index (χ1v) is 10.4. The van der Waals surface area contributed by atoms with Crippen molar-refractivity contribution < 1.29 is 18.0 Å². The molecule has 1 unspecified atom stereocenters. The van der Waals surface area contributed by atoms with Crippen LogP contribution in [-0.4, -0.2) is 32.0 Å². The largest absolute Gasteiger partial charge is 0.324 e. The Morgan fingerprint density at radius 3 is 2.59 bits per heavy atom. The lowest BCUT2D eigenvalue weighted by Crippen LogP contribution is -2.38. The highest BCUT2D eigenvalue weighted by Gasteiger charge is 2.36. The van der Waals surface area contributed by atoms with E-state index in [1.807, 2.05) is 0 Å². The molecular weight excluding hydrogens is 411 g/mol. The summed E-state index contributed by atoms with van der Waals surface area (Å²) in [6.07, 6.45) is -0.197. The lowest BCUT2D eigenvalue weighted by atomic mass is 10.2. The van der Waals surface area contributed by atoms with Crippen molar-refractivity contribution in [1.82, 2.24) is 0 Å². The van der Waals surface area contributed by atoms with Gasteiger partial charge in [0.05, 0.1) is 25.9 Å². The Labute approximate surface area is 167 Å². The normalized spacial score (nSPS) is 18.6. The van der Waals surface area contributed by atoms with E-state index < -0.39 is 26.9 Å². The van der Waals surface area contributed by atoms with Crippen LogP contribution < -0.4 is 10.2 Å². The smallest absolute Gasteiger partial charge is 0.244 e. The Hall–Kier alpha value is -2.09. The number of para-hydroxylation sites is 1. The summed E-state index contributed by atoms with van der Waals surface area (Å²) in [6.45, 7) is 1.17. The molecule has 2 aromatic rings. The van der Waals surface area contributed by atoms with Crippen LogP contribution >= 0.6 is 23.2 Å². The topological polar surface area (TPSA) is 83.6 Å². The second-order valence-electron chi connectivity index (χ2n) is 6.18. The van der Waals surface area contributed by atoms with Crippen LogP contribution in [0, 0.1) is 0 Å². The monoisotopic (exact) mass is 426 g/mol. The number of halogens is 2. The average Bonchev–Trinajstić information content (AvgIpc) is 2.68. The van der Waals surface area contributed by atoms with Crippen molar-refractivity contribution in [2.75, 3.05) is 16.8 Å². The molecule has 0 radical (unpaired) electrons. The van der Waals surface area contributed by atoms with Crippen molar-refractivity contribution in [2.24, 2.45) is 0 Å². The van der Waals surface area contributed by atoms with Crippen molar-refractivity contribution in [3.63, 3.8) is 0 Å². The van der Waals surface area contributed by atoms with Crippen LogP contribution in [0.4, 0.5) is 11.4 Å². The van der Waals surface area contributed by atoms with E-state index in [0.717, 1.165) is 0 Å². The van der Waals surface area contributed by atoms with Gasteiger partial charge in [-0.3, -0.25) is 9.59 Å². The molecule has 9 heteroatoms. The molecule has 0 spiro atoms. The standard InChI is InChI=1S/C18H16Cl2N2O4S/c1-11-8-18(24)22(15-4-2-3-5-16(15)27(11,25)26)10-17(23)21-12-6-7-13(19)14(20)9-12/h2-7,9,11H,8,10H2,1H3,(H,21,23). The molecule has 1 atom stereocenters. The maximum Gasteiger partial charge on any atom is 0.244 e. The van der Waals surface area contributed by atoms with Gasteiger partial charge in [0.1, 0.15) is 6.54 Å². The Balaban J connectivity index is 1.89. The average molecular weight is 427 g/mol. The number of hydrogen-bond donors (Lipinski definition) is 1. The molecule has 0 saturated carbocycles. The minimum atomic E-state index is -3.65. The van der Waals surface area contributed by atoms with Gasteiger partial charge >= 0.3 is 0 Å². The highest BCUT2D eigenvalue weighted by Crippen LogP contribution is 2.33. The number of rotatable bonds is 3. The maximum absolute atomic E-state index is 12.7. The van der Waals surface area contributed by atoms with Crippen molar-refractivity contribution in [1.29, 1.82) is 0 Å². The van der Waals surface area contributed by atoms with Gasteiger partial charge in [0, 0.05) is 12.1 Å². The molecule has 0 bridgehead atoms. The van der Waals surface area contributed by atoms with E-state index in [-0.39, 0.29) is 28.6 Å². The van der Waals surface area contributed by atoms with E-state index in [1.54, 1.807) is 24.3 Å². The van der Waals surface area contributed by atoms with Gasteiger partial charge in [0.15, 0.2) is 9.84 Å². The van der Waals surface area contributed by atoms with Gasteiger partial charge in [0.2, 0.25) is 11.8 Å². The summed E-state index contributed by atoms with van der Waals surface area (Å²) in [7, 11) is -3.65. The van der Waals surface area contributed by atoms with Crippen LogP contribution in [0.2, 0.25) is 10.0 Å². The van der Waals surface area contributed by atoms with Gasteiger partial charge < -0.3 is 10.2 Å².